The number of aromatic amines is 1. The normalized spacial score (nSPS) is 17.8. The predicted octanol–water partition coefficient (Wildman–Crippen LogP) is 2.75. The first-order valence-electron chi connectivity index (χ1n) is 8.65. The lowest BCUT2D eigenvalue weighted by molar-refractivity contribution is -0.121. The second kappa shape index (κ2) is 6.29. The molecule has 0 saturated carbocycles. The smallest absolute Gasteiger partial charge is 0.275 e. The molecule has 132 valence electrons. The van der Waals surface area contributed by atoms with E-state index in [1.54, 1.807) is 9.80 Å². The maximum absolute atomic E-state index is 13.0. The average Bonchev–Trinajstić information content (AvgIpc) is 3.08. The zero-order chi connectivity index (χ0) is 18.3. The van der Waals surface area contributed by atoms with E-state index >= 15 is 0 Å². The van der Waals surface area contributed by atoms with Crippen molar-refractivity contribution in [1.29, 1.82) is 0 Å². The van der Waals surface area contributed by atoms with Gasteiger partial charge in [0.25, 0.3) is 5.91 Å². The highest BCUT2D eigenvalue weighted by atomic mass is 16.2. The molecule has 1 aromatic heterocycles. The van der Waals surface area contributed by atoms with Crippen molar-refractivity contribution in [2.24, 2.45) is 0 Å². The number of aromatic nitrogens is 2. The zero-order valence-corrected chi connectivity index (χ0v) is 14.8. The molecule has 1 aliphatic rings. The number of aryl methyl sites for hydroxylation is 1. The van der Waals surface area contributed by atoms with Gasteiger partial charge in [-0.1, -0.05) is 35.9 Å². The lowest BCUT2D eigenvalue weighted by atomic mass is 10.1. The van der Waals surface area contributed by atoms with E-state index in [2.05, 4.69) is 10.2 Å². The average molecular weight is 348 g/mol. The Morgan fingerprint density at radius 1 is 1.15 bits per heavy atom. The number of piperazine rings is 1. The maximum Gasteiger partial charge on any atom is 0.275 e. The van der Waals surface area contributed by atoms with Gasteiger partial charge in [0.1, 0.15) is 6.54 Å². The Kier molecular flexibility index (Phi) is 3.95. The first kappa shape index (κ1) is 16.3. The Bertz CT molecular complexity index is 977. The highest BCUT2D eigenvalue weighted by Crippen LogP contribution is 2.23. The van der Waals surface area contributed by atoms with E-state index in [1.165, 1.54) is 0 Å². The van der Waals surface area contributed by atoms with Crippen molar-refractivity contribution < 1.29 is 9.59 Å². The summed E-state index contributed by atoms with van der Waals surface area (Å²) in [6.07, 6.45) is 0. The highest BCUT2D eigenvalue weighted by molar-refractivity contribution is 6.07. The molecule has 1 saturated heterocycles. The van der Waals surface area contributed by atoms with Gasteiger partial charge in [-0.05, 0) is 32.0 Å². The number of fused-ring (bicyclic) bond motifs is 1. The molecule has 0 spiro atoms. The number of nitrogens with one attached hydrogen (secondary N) is 1. The fourth-order valence-electron chi connectivity index (χ4n) is 3.36. The molecule has 1 atom stereocenters. The van der Waals surface area contributed by atoms with E-state index in [0.717, 1.165) is 22.2 Å². The van der Waals surface area contributed by atoms with E-state index in [-0.39, 0.29) is 24.4 Å². The summed E-state index contributed by atoms with van der Waals surface area (Å²) in [7, 11) is 0. The molecule has 3 aromatic rings. The third-order valence-electron chi connectivity index (χ3n) is 4.86. The van der Waals surface area contributed by atoms with Crippen LogP contribution in [0.1, 0.15) is 23.0 Å². The SMILES string of the molecule is Cc1ccc(N2CC(C)N(C(=O)c3n[nH]c4ccccc34)CC2=O)cc1. The molecule has 1 aliphatic heterocycles. The molecular weight excluding hydrogens is 328 g/mol. The number of hydrogen-bond donors (Lipinski definition) is 1. The minimum atomic E-state index is -0.216. The van der Waals surface area contributed by atoms with Gasteiger partial charge in [0.15, 0.2) is 5.69 Å². The number of nitrogens with zero attached hydrogens (tertiary/aromatic N) is 3. The summed E-state index contributed by atoms with van der Waals surface area (Å²) in [5.74, 6) is -0.299. The molecule has 1 N–H and O–H groups in total. The van der Waals surface area contributed by atoms with Gasteiger partial charge in [-0.15, -0.1) is 0 Å². The zero-order valence-electron chi connectivity index (χ0n) is 14.8. The molecule has 4 rings (SSSR count). The van der Waals surface area contributed by atoms with Crippen LogP contribution in [-0.4, -0.2) is 46.0 Å². The number of rotatable bonds is 2. The van der Waals surface area contributed by atoms with Crippen LogP contribution in [0.25, 0.3) is 10.9 Å². The number of anilines is 1. The quantitative estimate of drug-likeness (QED) is 0.774. The first-order chi connectivity index (χ1) is 12.5. The number of benzene rings is 2. The molecule has 0 radical (unpaired) electrons. The van der Waals surface area contributed by atoms with Gasteiger partial charge in [0.2, 0.25) is 5.91 Å². The molecule has 1 fully saturated rings. The third kappa shape index (κ3) is 2.73. The molecule has 0 bridgehead atoms. The molecule has 0 aliphatic carbocycles. The Balaban J connectivity index is 1.58. The molecular formula is C20H20N4O2. The van der Waals surface area contributed by atoms with Gasteiger partial charge in [-0.2, -0.15) is 5.10 Å². The van der Waals surface area contributed by atoms with Crippen LogP contribution in [0.4, 0.5) is 5.69 Å². The fraction of sp³-hybridized carbons (Fsp3) is 0.250. The van der Waals surface area contributed by atoms with Crippen LogP contribution >= 0.6 is 0 Å². The van der Waals surface area contributed by atoms with Crippen LogP contribution in [0.5, 0.6) is 0 Å². The maximum atomic E-state index is 13.0. The fourth-order valence-corrected chi connectivity index (χ4v) is 3.36. The number of hydrogen-bond acceptors (Lipinski definition) is 3. The summed E-state index contributed by atoms with van der Waals surface area (Å²) < 4.78 is 0. The Hall–Kier alpha value is -3.15. The molecule has 1 unspecified atom stereocenters. The van der Waals surface area contributed by atoms with E-state index in [1.807, 2.05) is 62.4 Å². The van der Waals surface area contributed by atoms with Crippen molar-refractivity contribution in [2.45, 2.75) is 19.9 Å². The Morgan fingerprint density at radius 3 is 2.65 bits per heavy atom. The van der Waals surface area contributed by atoms with Crippen LogP contribution in [0.3, 0.4) is 0 Å². The van der Waals surface area contributed by atoms with Crippen LogP contribution in [0.2, 0.25) is 0 Å². The monoisotopic (exact) mass is 348 g/mol. The molecule has 2 amide bonds. The number of carbonyl (C=O) groups is 2. The summed E-state index contributed by atoms with van der Waals surface area (Å²) in [5, 5.41) is 7.83. The molecule has 6 nitrogen and oxygen atoms in total. The summed E-state index contributed by atoms with van der Waals surface area (Å²) in [6.45, 7) is 4.49. The van der Waals surface area contributed by atoms with Gasteiger partial charge in [-0.3, -0.25) is 14.7 Å². The van der Waals surface area contributed by atoms with Gasteiger partial charge in [0, 0.05) is 23.7 Å². The molecule has 26 heavy (non-hydrogen) atoms. The van der Waals surface area contributed by atoms with Gasteiger partial charge in [0.05, 0.1) is 5.52 Å². The highest BCUT2D eigenvalue weighted by Gasteiger charge is 2.35. The lowest BCUT2D eigenvalue weighted by Gasteiger charge is -2.39. The minimum absolute atomic E-state index is 0.0507. The largest absolute Gasteiger partial charge is 0.323 e. The molecule has 2 aromatic carbocycles. The van der Waals surface area contributed by atoms with Crippen molar-refractivity contribution in [3.8, 4) is 0 Å². The van der Waals surface area contributed by atoms with Crippen molar-refractivity contribution in [3.05, 3.63) is 59.8 Å². The van der Waals surface area contributed by atoms with Crippen LogP contribution < -0.4 is 4.90 Å². The summed E-state index contributed by atoms with van der Waals surface area (Å²) in [4.78, 5) is 29.0. The lowest BCUT2D eigenvalue weighted by Crippen LogP contribution is -2.57. The van der Waals surface area contributed by atoms with E-state index in [0.29, 0.717) is 12.2 Å². The number of para-hydroxylation sites is 1. The second-order valence-electron chi connectivity index (χ2n) is 6.74. The van der Waals surface area contributed by atoms with Crippen LogP contribution in [0, 0.1) is 6.92 Å². The van der Waals surface area contributed by atoms with Crippen molar-refractivity contribution in [3.63, 3.8) is 0 Å². The van der Waals surface area contributed by atoms with Gasteiger partial charge in [-0.25, -0.2) is 0 Å². The van der Waals surface area contributed by atoms with Gasteiger partial charge < -0.3 is 9.80 Å². The third-order valence-corrected chi connectivity index (χ3v) is 4.86. The van der Waals surface area contributed by atoms with Gasteiger partial charge >= 0.3 is 0 Å². The van der Waals surface area contributed by atoms with Crippen molar-refractivity contribution >= 4 is 28.4 Å². The molecule has 6 heteroatoms. The number of carbonyl (C=O) groups excluding carboxylic acids is 2. The summed E-state index contributed by atoms with van der Waals surface area (Å²) in [6, 6.07) is 15.3. The standard InChI is InChI=1S/C20H20N4O2/c1-13-7-9-15(10-8-13)24-11-14(2)23(12-18(24)25)20(26)19-16-5-3-4-6-17(16)21-22-19/h3-10,14H,11-12H2,1-2H3,(H,21,22). The predicted molar refractivity (Wildman–Crippen MR) is 100 cm³/mol. The Labute approximate surface area is 151 Å². The minimum Gasteiger partial charge on any atom is -0.323 e. The van der Waals surface area contributed by atoms with E-state index in [4.69, 9.17) is 0 Å². The van der Waals surface area contributed by atoms with Crippen molar-refractivity contribution in [1.82, 2.24) is 15.1 Å². The topological polar surface area (TPSA) is 69.3 Å². The van der Waals surface area contributed by atoms with E-state index in [9.17, 15) is 9.59 Å². The molecule has 2 heterocycles. The van der Waals surface area contributed by atoms with Crippen LogP contribution in [-0.2, 0) is 4.79 Å². The second-order valence-corrected chi connectivity index (χ2v) is 6.74. The van der Waals surface area contributed by atoms with E-state index < -0.39 is 0 Å². The van der Waals surface area contributed by atoms with Crippen LogP contribution in [0.15, 0.2) is 48.5 Å². The summed E-state index contributed by atoms with van der Waals surface area (Å²) in [5.41, 5.74) is 3.19. The Morgan fingerprint density at radius 2 is 1.88 bits per heavy atom. The van der Waals surface area contributed by atoms with Crippen molar-refractivity contribution in [2.75, 3.05) is 18.0 Å². The number of H-pyrrole nitrogens is 1. The first-order valence-corrected chi connectivity index (χ1v) is 8.65. The number of amides is 2. The summed E-state index contributed by atoms with van der Waals surface area (Å²) >= 11 is 0.